The molecule has 2 aromatic carbocycles. The van der Waals surface area contributed by atoms with E-state index < -0.39 is 0 Å². The van der Waals surface area contributed by atoms with Gasteiger partial charge in [-0.15, -0.1) is 0 Å². The third-order valence-corrected chi connectivity index (χ3v) is 6.83. The molecule has 0 bridgehead atoms. The van der Waals surface area contributed by atoms with Crippen molar-refractivity contribution in [1.29, 1.82) is 0 Å². The summed E-state index contributed by atoms with van der Waals surface area (Å²) in [4.78, 5) is 21.7. The molecule has 2 heterocycles. The lowest BCUT2D eigenvalue weighted by molar-refractivity contribution is 0.0674. The van der Waals surface area contributed by atoms with Crippen molar-refractivity contribution in [3.8, 4) is 5.75 Å². The van der Waals surface area contributed by atoms with Crippen molar-refractivity contribution in [3.63, 3.8) is 0 Å². The maximum absolute atomic E-state index is 12.9. The van der Waals surface area contributed by atoms with Crippen LogP contribution in [0.2, 0.25) is 10.0 Å². The van der Waals surface area contributed by atoms with Gasteiger partial charge >= 0.3 is 0 Å². The Kier molecular flexibility index (Phi) is 6.65. The highest BCUT2D eigenvalue weighted by molar-refractivity contribution is 7.09. The molecule has 31 heavy (non-hydrogen) atoms. The fourth-order valence-electron chi connectivity index (χ4n) is 3.64. The number of carbonyl (C=O) groups is 1. The van der Waals surface area contributed by atoms with Crippen LogP contribution < -0.4 is 9.64 Å². The first-order valence-electron chi connectivity index (χ1n) is 9.91. The first-order valence-corrected chi connectivity index (χ1v) is 11.4. The Balaban J connectivity index is 1.40. The predicted molar refractivity (Wildman–Crippen MR) is 125 cm³/mol. The molecule has 0 radical (unpaired) electrons. The average molecular weight is 477 g/mol. The maximum atomic E-state index is 12.9. The molecule has 0 N–H and O–H groups in total. The zero-order valence-corrected chi connectivity index (χ0v) is 19.5. The second-order valence-electron chi connectivity index (χ2n) is 7.44. The van der Waals surface area contributed by atoms with Crippen molar-refractivity contribution in [2.24, 2.45) is 0 Å². The standard InChI is InChI=1S/C22H22Cl2N4O2S/c1-14-13-27(8-9-28(14)21(29)16-6-7-18(23)19(24)12-16)22-25-20(26-31-22)11-15-4-3-5-17(10-15)30-2/h3-7,10,12,14H,8-9,11,13H2,1-2H3. The summed E-state index contributed by atoms with van der Waals surface area (Å²) in [6, 6.07) is 12.9. The SMILES string of the molecule is COc1cccc(Cc2nsc(N3CCN(C(=O)c4ccc(Cl)c(Cl)c4)C(C)C3)n2)c1. The second kappa shape index (κ2) is 9.42. The van der Waals surface area contributed by atoms with Crippen molar-refractivity contribution in [2.75, 3.05) is 31.6 Å². The normalized spacial score (nSPS) is 16.5. The average Bonchev–Trinajstić information content (AvgIpc) is 3.23. The molecule has 1 aromatic heterocycles. The van der Waals surface area contributed by atoms with Crippen molar-refractivity contribution in [1.82, 2.24) is 14.3 Å². The highest BCUT2D eigenvalue weighted by Gasteiger charge is 2.29. The molecule has 6 nitrogen and oxygen atoms in total. The van der Waals surface area contributed by atoms with Gasteiger partial charge in [-0.1, -0.05) is 35.3 Å². The summed E-state index contributed by atoms with van der Waals surface area (Å²) < 4.78 is 9.81. The minimum Gasteiger partial charge on any atom is -0.497 e. The number of hydrogen-bond donors (Lipinski definition) is 0. The van der Waals surface area contributed by atoms with Crippen molar-refractivity contribution < 1.29 is 9.53 Å². The lowest BCUT2D eigenvalue weighted by atomic mass is 10.1. The van der Waals surface area contributed by atoms with Gasteiger partial charge in [0.25, 0.3) is 5.91 Å². The number of carbonyl (C=O) groups excluding carboxylic acids is 1. The number of rotatable bonds is 5. The van der Waals surface area contributed by atoms with Gasteiger partial charge in [0.2, 0.25) is 5.13 Å². The number of halogens is 2. The number of aromatic nitrogens is 2. The van der Waals surface area contributed by atoms with Crippen LogP contribution in [-0.4, -0.2) is 53.0 Å². The van der Waals surface area contributed by atoms with Gasteiger partial charge in [0.05, 0.1) is 17.2 Å². The summed E-state index contributed by atoms with van der Waals surface area (Å²) >= 11 is 13.5. The van der Waals surface area contributed by atoms with Gasteiger partial charge in [-0.3, -0.25) is 4.79 Å². The summed E-state index contributed by atoms with van der Waals surface area (Å²) in [7, 11) is 1.66. The molecule has 162 valence electrons. The van der Waals surface area contributed by atoms with E-state index in [1.165, 1.54) is 11.5 Å². The largest absolute Gasteiger partial charge is 0.497 e. The number of methoxy groups -OCH3 is 1. The lowest BCUT2D eigenvalue weighted by Gasteiger charge is -2.39. The maximum Gasteiger partial charge on any atom is 0.254 e. The number of anilines is 1. The molecule has 1 saturated heterocycles. The van der Waals surface area contributed by atoms with E-state index in [-0.39, 0.29) is 11.9 Å². The summed E-state index contributed by atoms with van der Waals surface area (Å²) in [5, 5.41) is 1.71. The third-order valence-electron chi connectivity index (χ3n) is 5.28. The van der Waals surface area contributed by atoms with Gasteiger partial charge in [-0.25, -0.2) is 4.98 Å². The molecule has 1 unspecified atom stereocenters. The van der Waals surface area contributed by atoms with E-state index in [1.54, 1.807) is 25.3 Å². The van der Waals surface area contributed by atoms with Crippen molar-refractivity contribution in [3.05, 3.63) is 69.5 Å². The van der Waals surface area contributed by atoms with Gasteiger partial charge in [0, 0.05) is 49.2 Å². The Morgan fingerprint density at radius 3 is 2.77 bits per heavy atom. The molecule has 0 aliphatic carbocycles. The molecule has 1 fully saturated rings. The summed E-state index contributed by atoms with van der Waals surface area (Å²) in [5.41, 5.74) is 1.65. The van der Waals surface area contributed by atoms with E-state index >= 15 is 0 Å². The summed E-state index contributed by atoms with van der Waals surface area (Å²) in [6.45, 7) is 4.04. The van der Waals surface area contributed by atoms with E-state index in [2.05, 4.69) is 9.27 Å². The van der Waals surface area contributed by atoms with Gasteiger partial charge < -0.3 is 14.5 Å². The second-order valence-corrected chi connectivity index (χ2v) is 8.99. The Morgan fingerprint density at radius 1 is 1.19 bits per heavy atom. The molecule has 1 aliphatic rings. The van der Waals surface area contributed by atoms with Crippen LogP contribution in [0.1, 0.15) is 28.7 Å². The number of amides is 1. The molecular weight excluding hydrogens is 455 g/mol. The molecular formula is C22H22Cl2N4O2S. The smallest absolute Gasteiger partial charge is 0.254 e. The Hall–Kier alpha value is -2.35. The van der Waals surface area contributed by atoms with E-state index in [0.29, 0.717) is 41.7 Å². The summed E-state index contributed by atoms with van der Waals surface area (Å²) in [5.74, 6) is 1.57. The predicted octanol–water partition coefficient (Wildman–Crippen LogP) is 4.80. The highest BCUT2D eigenvalue weighted by Crippen LogP contribution is 2.26. The van der Waals surface area contributed by atoms with Crippen LogP contribution in [0.25, 0.3) is 0 Å². The van der Waals surface area contributed by atoms with Crippen LogP contribution in [0.5, 0.6) is 5.75 Å². The molecule has 0 spiro atoms. The molecule has 3 aromatic rings. The van der Waals surface area contributed by atoms with Crippen LogP contribution in [0.15, 0.2) is 42.5 Å². The molecule has 4 rings (SSSR count). The molecule has 0 saturated carbocycles. The number of nitrogens with zero attached hydrogens (tertiary/aromatic N) is 4. The Labute approximate surface area is 195 Å². The zero-order chi connectivity index (χ0) is 22.0. The number of hydrogen-bond acceptors (Lipinski definition) is 6. The van der Waals surface area contributed by atoms with Crippen LogP contribution in [0, 0.1) is 0 Å². The zero-order valence-electron chi connectivity index (χ0n) is 17.2. The number of ether oxygens (including phenoxy) is 1. The quantitative estimate of drug-likeness (QED) is 0.529. The lowest BCUT2D eigenvalue weighted by Crippen LogP contribution is -2.54. The van der Waals surface area contributed by atoms with Gasteiger partial charge in [-0.2, -0.15) is 4.37 Å². The van der Waals surface area contributed by atoms with Crippen molar-refractivity contribution >= 4 is 45.8 Å². The Bertz CT molecular complexity index is 1090. The molecule has 1 aliphatic heterocycles. The minimum absolute atomic E-state index is 0.0291. The van der Waals surface area contributed by atoms with Crippen LogP contribution >= 0.6 is 34.7 Å². The van der Waals surface area contributed by atoms with Crippen molar-refractivity contribution in [2.45, 2.75) is 19.4 Å². The topological polar surface area (TPSA) is 58.6 Å². The molecule has 1 amide bonds. The molecule has 1 atom stereocenters. The third kappa shape index (κ3) is 4.95. The van der Waals surface area contributed by atoms with Gasteiger partial charge in [0.1, 0.15) is 11.6 Å². The van der Waals surface area contributed by atoms with E-state index in [0.717, 1.165) is 22.3 Å². The Morgan fingerprint density at radius 2 is 2.03 bits per heavy atom. The van der Waals surface area contributed by atoms with Gasteiger partial charge in [0.15, 0.2) is 0 Å². The highest BCUT2D eigenvalue weighted by atomic mass is 35.5. The van der Waals surface area contributed by atoms with Crippen LogP contribution in [-0.2, 0) is 6.42 Å². The molecule has 9 heteroatoms. The van der Waals surface area contributed by atoms with E-state index in [9.17, 15) is 4.79 Å². The number of piperazine rings is 1. The monoisotopic (exact) mass is 476 g/mol. The minimum atomic E-state index is -0.0401. The van der Waals surface area contributed by atoms with E-state index in [4.69, 9.17) is 32.9 Å². The van der Waals surface area contributed by atoms with E-state index in [1.807, 2.05) is 36.1 Å². The fraction of sp³-hybridized carbons (Fsp3) is 0.318. The van der Waals surface area contributed by atoms with Crippen LogP contribution in [0.4, 0.5) is 5.13 Å². The summed E-state index contributed by atoms with van der Waals surface area (Å²) in [6.07, 6.45) is 0.652. The van der Waals surface area contributed by atoms with Gasteiger partial charge in [-0.05, 0) is 42.8 Å². The fourth-order valence-corrected chi connectivity index (χ4v) is 4.66. The first kappa shape index (κ1) is 21.9. The number of benzene rings is 2. The first-order chi connectivity index (χ1) is 14.9. The van der Waals surface area contributed by atoms with Crippen LogP contribution in [0.3, 0.4) is 0 Å².